The predicted octanol–water partition coefficient (Wildman–Crippen LogP) is 2.23. The number of rotatable bonds is 7. The Morgan fingerprint density at radius 2 is 1.95 bits per heavy atom. The summed E-state index contributed by atoms with van der Waals surface area (Å²) in [6, 6.07) is 4.43. The maximum Gasteiger partial charge on any atom is 0.573 e. The summed E-state index contributed by atoms with van der Waals surface area (Å²) in [7, 11) is 0. The monoisotopic (exact) mass is 320 g/mol. The first-order valence-electron chi connectivity index (χ1n) is 6.78. The number of carbonyl (C=O) groups is 1. The summed E-state index contributed by atoms with van der Waals surface area (Å²) >= 11 is 0. The van der Waals surface area contributed by atoms with Crippen LogP contribution in [0, 0.1) is 0 Å². The third-order valence-electron chi connectivity index (χ3n) is 3.08. The molecule has 2 N–H and O–H groups in total. The Hall–Kier alpha value is -1.80. The lowest BCUT2D eigenvalue weighted by atomic mass is 10.2. The van der Waals surface area contributed by atoms with Crippen LogP contribution in [0.25, 0.3) is 0 Å². The molecule has 0 spiro atoms. The summed E-state index contributed by atoms with van der Waals surface area (Å²) in [4.78, 5) is 13.8. The third kappa shape index (κ3) is 5.90. The number of alkyl halides is 3. The predicted molar refractivity (Wildman–Crippen MR) is 75.5 cm³/mol. The third-order valence-corrected chi connectivity index (χ3v) is 3.08. The summed E-state index contributed by atoms with van der Waals surface area (Å²) in [5.41, 5.74) is 0.367. The van der Waals surface area contributed by atoms with E-state index in [-0.39, 0.29) is 18.3 Å². The quantitative estimate of drug-likeness (QED) is 0.809. The molecule has 0 radical (unpaired) electrons. The van der Waals surface area contributed by atoms with Crippen molar-refractivity contribution in [3.8, 4) is 5.75 Å². The van der Waals surface area contributed by atoms with E-state index in [1.165, 1.54) is 12.1 Å². The smallest absolute Gasteiger partial charge is 0.406 e. The fourth-order valence-electron chi connectivity index (χ4n) is 1.91. The highest BCUT2D eigenvalue weighted by atomic mass is 19.4. The van der Waals surface area contributed by atoms with E-state index in [0.717, 1.165) is 12.1 Å². The zero-order chi connectivity index (χ0) is 16.8. The van der Waals surface area contributed by atoms with Gasteiger partial charge in [0.25, 0.3) is 0 Å². The summed E-state index contributed by atoms with van der Waals surface area (Å²) in [6.45, 7) is 4.45. The number of amides is 1. The molecule has 0 fully saturated rings. The van der Waals surface area contributed by atoms with Gasteiger partial charge in [-0.25, -0.2) is 0 Å². The van der Waals surface area contributed by atoms with Crippen LogP contribution in [-0.4, -0.2) is 48.0 Å². The number of halogens is 3. The van der Waals surface area contributed by atoms with Crippen LogP contribution in [0.4, 0.5) is 18.9 Å². The van der Waals surface area contributed by atoms with Gasteiger partial charge < -0.3 is 15.2 Å². The molecule has 1 rings (SSSR count). The Labute approximate surface area is 126 Å². The summed E-state index contributed by atoms with van der Waals surface area (Å²) < 4.78 is 39.9. The fourth-order valence-corrected chi connectivity index (χ4v) is 1.91. The molecule has 5 nitrogen and oxygen atoms in total. The average Bonchev–Trinajstić information content (AvgIpc) is 2.44. The zero-order valence-corrected chi connectivity index (χ0v) is 12.4. The maximum absolute atomic E-state index is 12.1. The van der Waals surface area contributed by atoms with Crippen molar-refractivity contribution in [2.24, 2.45) is 0 Å². The number of nitrogens with one attached hydrogen (secondary N) is 1. The molecule has 22 heavy (non-hydrogen) atoms. The van der Waals surface area contributed by atoms with Crippen LogP contribution < -0.4 is 10.1 Å². The Balaban J connectivity index is 2.64. The minimum absolute atomic E-state index is 0.0606. The van der Waals surface area contributed by atoms with Crippen LogP contribution in [-0.2, 0) is 4.79 Å². The van der Waals surface area contributed by atoms with E-state index in [2.05, 4.69) is 10.1 Å². The highest BCUT2D eigenvalue weighted by molar-refractivity contribution is 5.94. The number of likely N-dealkylation sites (N-methyl/N-ethyl adjacent to an activating group) is 1. The minimum atomic E-state index is -4.74. The van der Waals surface area contributed by atoms with Crippen molar-refractivity contribution < 1.29 is 27.8 Å². The van der Waals surface area contributed by atoms with Crippen LogP contribution in [0.2, 0.25) is 0 Å². The lowest BCUT2D eigenvalue weighted by Crippen LogP contribution is -2.43. The normalized spacial score (nSPS) is 13.0. The number of aliphatic hydroxyl groups excluding tert-OH is 1. The second-order valence-electron chi connectivity index (χ2n) is 4.59. The molecule has 8 heteroatoms. The van der Waals surface area contributed by atoms with Gasteiger partial charge in [0.15, 0.2) is 0 Å². The van der Waals surface area contributed by atoms with Gasteiger partial charge in [0.1, 0.15) is 5.75 Å². The number of hydrogen-bond donors (Lipinski definition) is 2. The second kappa shape index (κ2) is 8.00. The van der Waals surface area contributed by atoms with E-state index >= 15 is 0 Å². The molecule has 1 atom stereocenters. The van der Waals surface area contributed by atoms with Gasteiger partial charge in [-0.2, -0.15) is 0 Å². The molecule has 0 aliphatic rings. The van der Waals surface area contributed by atoms with E-state index in [1.807, 2.05) is 6.92 Å². The van der Waals surface area contributed by atoms with Crippen molar-refractivity contribution in [2.45, 2.75) is 26.3 Å². The van der Waals surface area contributed by atoms with E-state index in [1.54, 1.807) is 11.8 Å². The molecule has 0 heterocycles. The Kier molecular flexibility index (Phi) is 6.63. The van der Waals surface area contributed by atoms with Gasteiger partial charge in [-0.05, 0) is 37.7 Å². The van der Waals surface area contributed by atoms with E-state index < -0.39 is 12.4 Å². The standard InChI is InChI=1S/C14H19F3N2O3/c1-3-19(8-9-20)10(2)13(21)18-11-4-6-12(7-5-11)22-14(15,16)17/h4-7,10,20H,3,8-9H2,1-2H3,(H,18,21). The first kappa shape index (κ1) is 18.2. The van der Waals surface area contributed by atoms with Crippen LogP contribution in [0.3, 0.4) is 0 Å². The van der Waals surface area contributed by atoms with E-state index in [0.29, 0.717) is 18.8 Å². The number of nitrogens with zero attached hydrogens (tertiary/aromatic N) is 1. The lowest BCUT2D eigenvalue weighted by molar-refractivity contribution is -0.274. The van der Waals surface area contributed by atoms with Gasteiger partial charge in [0.05, 0.1) is 12.6 Å². The summed E-state index contributed by atoms with van der Waals surface area (Å²) in [6.07, 6.45) is -4.74. The Morgan fingerprint density at radius 3 is 2.41 bits per heavy atom. The van der Waals surface area contributed by atoms with Crippen molar-refractivity contribution in [3.63, 3.8) is 0 Å². The van der Waals surface area contributed by atoms with Gasteiger partial charge in [-0.3, -0.25) is 9.69 Å². The molecule has 0 aliphatic carbocycles. The van der Waals surface area contributed by atoms with Crippen LogP contribution in [0.1, 0.15) is 13.8 Å². The van der Waals surface area contributed by atoms with Crippen molar-refractivity contribution >= 4 is 11.6 Å². The van der Waals surface area contributed by atoms with Gasteiger partial charge in [-0.1, -0.05) is 6.92 Å². The van der Waals surface area contributed by atoms with Crippen molar-refractivity contribution in [1.29, 1.82) is 0 Å². The molecule has 1 amide bonds. The molecule has 0 saturated heterocycles. The van der Waals surface area contributed by atoms with Crippen molar-refractivity contribution in [2.75, 3.05) is 25.0 Å². The largest absolute Gasteiger partial charge is 0.573 e. The molecule has 0 saturated carbocycles. The summed E-state index contributed by atoms with van der Waals surface area (Å²) in [5, 5.41) is 11.5. The number of ether oxygens (including phenoxy) is 1. The number of anilines is 1. The summed E-state index contributed by atoms with van der Waals surface area (Å²) in [5.74, 6) is -0.659. The molecule has 0 aromatic heterocycles. The molecule has 1 aromatic rings. The number of aliphatic hydroxyl groups is 1. The number of carbonyl (C=O) groups excluding carboxylic acids is 1. The van der Waals surface area contributed by atoms with Crippen molar-refractivity contribution in [1.82, 2.24) is 4.90 Å². The molecule has 1 unspecified atom stereocenters. The topological polar surface area (TPSA) is 61.8 Å². The van der Waals surface area contributed by atoms with Crippen LogP contribution in [0.5, 0.6) is 5.75 Å². The Bertz CT molecular complexity index is 477. The average molecular weight is 320 g/mol. The molecule has 1 aromatic carbocycles. The second-order valence-corrected chi connectivity index (χ2v) is 4.59. The number of hydrogen-bond acceptors (Lipinski definition) is 4. The molecule has 124 valence electrons. The highest BCUT2D eigenvalue weighted by Gasteiger charge is 2.31. The van der Waals surface area contributed by atoms with Crippen molar-refractivity contribution in [3.05, 3.63) is 24.3 Å². The van der Waals surface area contributed by atoms with Gasteiger partial charge >= 0.3 is 6.36 Å². The number of benzene rings is 1. The molecule has 0 aliphatic heterocycles. The SMILES string of the molecule is CCN(CCO)C(C)C(=O)Nc1ccc(OC(F)(F)F)cc1. The maximum atomic E-state index is 12.1. The Morgan fingerprint density at radius 1 is 1.36 bits per heavy atom. The zero-order valence-electron chi connectivity index (χ0n) is 12.4. The first-order chi connectivity index (χ1) is 10.3. The molecule has 0 bridgehead atoms. The lowest BCUT2D eigenvalue weighted by Gasteiger charge is -2.26. The molecular formula is C14H19F3N2O3. The van der Waals surface area contributed by atoms with Crippen LogP contribution >= 0.6 is 0 Å². The van der Waals surface area contributed by atoms with E-state index in [4.69, 9.17) is 5.11 Å². The minimum Gasteiger partial charge on any atom is -0.406 e. The van der Waals surface area contributed by atoms with Crippen LogP contribution in [0.15, 0.2) is 24.3 Å². The first-order valence-corrected chi connectivity index (χ1v) is 6.78. The van der Waals surface area contributed by atoms with Gasteiger partial charge in [0, 0.05) is 12.2 Å². The molecular weight excluding hydrogens is 301 g/mol. The van der Waals surface area contributed by atoms with E-state index in [9.17, 15) is 18.0 Å². The highest BCUT2D eigenvalue weighted by Crippen LogP contribution is 2.24. The fraction of sp³-hybridized carbons (Fsp3) is 0.500. The van der Waals surface area contributed by atoms with Gasteiger partial charge in [-0.15, -0.1) is 13.2 Å². The van der Waals surface area contributed by atoms with Gasteiger partial charge in [0.2, 0.25) is 5.91 Å².